The molecular weight excluding hydrogens is 570 g/mol. The minimum Gasteiger partial charge on any atom is -0.351 e. The monoisotopic (exact) mass is 609 g/mol. The summed E-state index contributed by atoms with van der Waals surface area (Å²) in [7, 11) is 0. The molecule has 0 radical (unpaired) electrons. The van der Waals surface area contributed by atoms with Gasteiger partial charge < -0.3 is 15.2 Å². The molecule has 0 unspecified atom stereocenters. The lowest BCUT2D eigenvalue weighted by Crippen LogP contribution is -2.58. The van der Waals surface area contributed by atoms with Gasteiger partial charge in [0.2, 0.25) is 11.8 Å². The van der Waals surface area contributed by atoms with Gasteiger partial charge in [0.1, 0.15) is 5.69 Å². The first-order valence-electron chi connectivity index (χ1n) is 14.5. The molecule has 230 valence electrons. The van der Waals surface area contributed by atoms with Gasteiger partial charge in [-0.25, -0.2) is 10.3 Å². The molecule has 3 N–H and O–H groups in total. The third kappa shape index (κ3) is 7.74. The summed E-state index contributed by atoms with van der Waals surface area (Å²) in [6, 6.07) is 14.0. The number of nitrogens with one attached hydrogen (secondary N) is 3. The number of fused-ring (bicyclic) bond motifs is 1. The summed E-state index contributed by atoms with van der Waals surface area (Å²) in [4.78, 5) is 65.1. The summed E-state index contributed by atoms with van der Waals surface area (Å²) in [6.45, 7) is 9.40. The number of nitrogens with zero attached hydrogens (tertiary/aromatic N) is 2. The maximum atomic E-state index is 14.0. The molecule has 2 aromatic carbocycles. The third-order valence-electron chi connectivity index (χ3n) is 7.76. The second kappa shape index (κ2) is 13.2. The second-order valence-electron chi connectivity index (χ2n) is 12.0. The Balaban J connectivity index is 1.67. The van der Waals surface area contributed by atoms with Crippen molar-refractivity contribution in [1.82, 2.24) is 25.6 Å². The number of piperidine rings is 1. The highest BCUT2D eigenvalue weighted by Crippen LogP contribution is 2.34. The lowest BCUT2D eigenvalue weighted by molar-refractivity contribution is -0.140. The Morgan fingerprint density at radius 1 is 1.07 bits per heavy atom. The number of rotatable bonds is 8. The Morgan fingerprint density at radius 2 is 1.77 bits per heavy atom. The molecule has 2 heterocycles. The van der Waals surface area contributed by atoms with E-state index >= 15 is 0 Å². The zero-order chi connectivity index (χ0) is 31.4. The molecule has 1 fully saturated rings. The van der Waals surface area contributed by atoms with Gasteiger partial charge in [0.25, 0.3) is 5.91 Å². The van der Waals surface area contributed by atoms with Crippen molar-refractivity contribution in [1.29, 1.82) is 0 Å². The zero-order valence-electron chi connectivity index (χ0n) is 25.4. The number of carbonyl (C=O) groups is 4. The van der Waals surface area contributed by atoms with Crippen LogP contribution in [-0.2, 0) is 27.4 Å². The number of aromatic nitrogens is 1. The molecule has 3 aromatic rings. The molecule has 4 rings (SSSR count). The average molecular weight is 610 g/mol. The van der Waals surface area contributed by atoms with E-state index in [1.54, 1.807) is 37.8 Å². The maximum Gasteiger partial charge on any atom is 0.348 e. The molecule has 10 nitrogen and oxygen atoms in total. The quantitative estimate of drug-likeness (QED) is 0.303. The Labute approximate surface area is 257 Å². The van der Waals surface area contributed by atoms with E-state index in [4.69, 9.17) is 16.4 Å². The summed E-state index contributed by atoms with van der Waals surface area (Å²) in [5.41, 5.74) is 3.34. The van der Waals surface area contributed by atoms with E-state index in [0.29, 0.717) is 18.1 Å². The maximum absolute atomic E-state index is 14.0. The third-order valence-corrected chi connectivity index (χ3v) is 8.13. The standard InChI is InChI=1S/C32H40ClN5O5/c1-6-22-11-12-26-24(17-22)18-27(35-26)28(40)38(30(42)36-43-31(3,4)5)20-32(13-15-37(16-14-32)21(2)39)29(41)34-19-23-9-7-8-10-25(23)33/h7-12,17-18,35H,6,13-16,19-20H2,1-5H3,(H,34,41)(H,36,42). The Kier molecular flexibility index (Phi) is 9.82. The number of urea groups is 1. The van der Waals surface area contributed by atoms with Gasteiger partial charge >= 0.3 is 6.03 Å². The van der Waals surface area contributed by atoms with Crippen LogP contribution in [0, 0.1) is 5.41 Å². The number of hydroxylamine groups is 1. The number of hydrogen-bond acceptors (Lipinski definition) is 5. The van der Waals surface area contributed by atoms with Crippen LogP contribution in [0.25, 0.3) is 10.9 Å². The van der Waals surface area contributed by atoms with Crippen LogP contribution in [0.3, 0.4) is 0 Å². The molecular formula is C32H40ClN5O5. The highest BCUT2D eigenvalue weighted by molar-refractivity contribution is 6.31. The lowest BCUT2D eigenvalue weighted by atomic mass is 9.76. The smallest absolute Gasteiger partial charge is 0.348 e. The topological polar surface area (TPSA) is 124 Å². The van der Waals surface area contributed by atoms with E-state index in [1.807, 2.05) is 36.4 Å². The van der Waals surface area contributed by atoms with Crippen molar-refractivity contribution in [3.8, 4) is 0 Å². The van der Waals surface area contributed by atoms with Gasteiger partial charge in [0, 0.05) is 49.0 Å². The van der Waals surface area contributed by atoms with Crippen LogP contribution < -0.4 is 10.8 Å². The second-order valence-corrected chi connectivity index (χ2v) is 12.4. The van der Waals surface area contributed by atoms with Gasteiger partial charge in [-0.15, -0.1) is 0 Å². The molecule has 1 aromatic heterocycles. The summed E-state index contributed by atoms with van der Waals surface area (Å²) in [5.74, 6) is -1.03. The SMILES string of the molecule is CCc1ccc2[nH]c(C(=O)N(CC3(C(=O)NCc4ccccc4Cl)CCN(C(C)=O)CC3)C(=O)NOC(C)(C)C)cc2c1. The first-order valence-corrected chi connectivity index (χ1v) is 14.9. The van der Waals surface area contributed by atoms with Crippen molar-refractivity contribution in [3.63, 3.8) is 0 Å². The van der Waals surface area contributed by atoms with Crippen molar-refractivity contribution in [2.75, 3.05) is 19.6 Å². The summed E-state index contributed by atoms with van der Waals surface area (Å²) in [6.07, 6.45) is 1.35. The van der Waals surface area contributed by atoms with E-state index in [0.717, 1.165) is 33.4 Å². The number of aryl methyl sites for hydroxylation is 1. The predicted octanol–water partition coefficient (Wildman–Crippen LogP) is 5.21. The Bertz CT molecular complexity index is 1500. The number of H-pyrrole nitrogens is 1. The van der Waals surface area contributed by atoms with E-state index < -0.39 is 23.0 Å². The molecule has 1 aliphatic heterocycles. The van der Waals surface area contributed by atoms with E-state index in [-0.39, 0.29) is 43.4 Å². The summed E-state index contributed by atoms with van der Waals surface area (Å²) >= 11 is 6.32. The van der Waals surface area contributed by atoms with Crippen LogP contribution in [-0.4, -0.2) is 63.8 Å². The van der Waals surface area contributed by atoms with Gasteiger partial charge in [-0.3, -0.25) is 24.1 Å². The zero-order valence-corrected chi connectivity index (χ0v) is 26.1. The van der Waals surface area contributed by atoms with Gasteiger partial charge in [-0.05, 0) is 75.4 Å². The van der Waals surface area contributed by atoms with Crippen molar-refractivity contribution < 1.29 is 24.0 Å². The van der Waals surface area contributed by atoms with Crippen molar-refractivity contribution in [2.45, 2.75) is 66.0 Å². The molecule has 1 saturated heterocycles. The normalized spacial score (nSPS) is 14.8. The Morgan fingerprint density at radius 3 is 2.40 bits per heavy atom. The van der Waals surface area contributed by atoms with E-state index in [1.165, 1.54) is 6.92 Å². The van der Waals surface area contributed by atoms with Crippen LogP contribution >= 0.6 is 11.6 Å². The molecule has 43 heavy (non-hydrogen) atoms. The van der Waals surface area contributed by atoms with Gasteiger partial charge in [0.05, 0.1) is 11.0 Å². The number of hydrogen-bond donors (Lipinski definition) is 3. The van der Waals surface area contributed by atoms with Crippen LogP contribution in [0.15, 0.2) is 48.5 Å². The molecule has 0 saturated carbocycles. The molecule has 0 spiro atoms. The van der Waals surface area contributed by atoms with Crippen LogP contribution in [0.1, 0.15) is 69.1 Å². The number of halogens is 1. The predicted molar refractivity (Wildman–Crippen MR) is 165 cm³/mol. The first kappa shape index (κ1) is 32.0. The molecule has 11 heteroatoms. The average Bonchev–Trinajstić information content (AvgIpc) is 3.41. The van der Waals surface area contributed by atoms with Crippen molar-refractivity contribution in [2.24, 2.45) is 5.41 Å². The number of likely N-dealkylation sites (tertiary alicyclic amines) is 1. The molecule has 0 aliphatic carbocycles. The van der Waals surface area contributed by atoms with Crippen molar-refractivity contribution >= 4 is 46.3 Å². The molecule has 5 amide bonds. The Hall–Kier alpha value is -3.89. The van der Waals surface area contributed by atoms with Gasteiger partial charge in [-0.2, -0.15) is 0 Å². The molecule has 0 bridgehead atoms. The molecule has 1 aliphatic rings. The lowest BCUT2D eigenvalue weighted by Gasteiger charge is -2.42. The highest BCUT2D eigenvalue weighted by atomic mass is 35.5. The van der Waals surface area contributed by atoms with Gasteiger partial charge in [0.15, 0.2) is 0 Å². The number of amides is 5. The first-order chi connectivity index (χ1) is 20.3. The van der Waals surface area contributed by atoms with Gasteiger partial charge in [-0.1, -0.05) is 42.8 Å². The van der Waals surface area contributed by atoms with E-state index in [9.17, 15) is 19.2 Å². The van der Waals surface area contributed by atoms with Crippen LogP contribution in [0.4, 0.5) is 4.79 Å². The number of imide groups is 1. The molecule has 0 atom stereocenters. The number of benzene rings is 2. The summed E-state index contributed by atoms with van der Waals surface area (Å²) < 4.78 is 0. The van der Waals surface area contributed by atoms with Crippen LogP contribution in [0.5, 0.6) is 0 Å². The fourth-order valence-corrected chi connectivity index (χ4v) is 5.37. The van der Waals surface area contributed by atoms with E-state index in [2.05, 4.69) is 22.7 Å². The van der Waals surface area contributed by atoms with Crippen LogP contribution in [0.2, 0.25) is 5.02 Å². The minimum atomic E-state index is -1.16. The number of aromatic amines is 1. The fourth-order valence-electron chi connectivity index (χ4n) is 5.16. The number of carbonyl (C=O) groups excluding carboxylic acids is 4. The highest BCUT2D eigenvalue weighted by Gasteiger charge is 2.46. The summed E-state index contributed by atoms with van der Waals surface area (Å²) in [5, 5.41) is 4.33. The van der Waals surface area contributed by atoms with Crippen molar-refractivity contribution in [3.05, 3.63) is 70.4 Å². The largest absolute Gasteiger partial charge is 0.351 e. The minimum absolute atomic E-state index is 0.0983. The fraction of sp³-hybridized carbons (Fsp3) is 0.438.